The molecule has 2 aromatic carbocycles. The molecule has 1 aromatic heterocycles. The molecule has 0 radical (unpaired) electrons. The van der Waals surface area contributed by atoms with E-state index in [-0.39, 0.29) is 11.2 Å². The van der Waals surface area contributed by atoms with Gasteiger partial charge in [0.05, 0.1) is 24.4 Å². The average Bonchev–Trinajstić information content (AvgIpc) is 3.19. The summed E-state index contributed by atoms with van der Waals surface area (Å²) in [4.78, 5) is 22.9. The lowest BCUT2D eigenvalue weighted by atomic mass is 9.73. The van der Waals surface area contributed by atoms with Crippen molar-refractivity contribution in [3.63, 3.8) is 0 Å². The van der Waals surface area contributed by atoms with Crippen LogP contribution in [0.3, 0.4) is 0 Å². The Kier molecular flexibility index (Phi) is 5.32. The molecule has 7 nitrogen and oxygen atoms in total. The Morgan fingerprint density at radius 1 is 1.12 bits per heavy atom. The van der Waals surface area contributed by atoms with Gasteiger partial charge < -0.3 is 20.1 Å². The molecule has 1 aliphatic heterocycles. The number of nitrogens with zero attached hydrogens (tertiary/aromatic N) is 2. The molecule has 1 atom stereocenters. The smallest absolute Gasteiger partial charge is 0.202 e. The van der Waals surface area contributed by atoms with Gasteiger partial charge in [-0.15, -0.1) is 0 Å². The maximum absolute atomic E-state index is 13.3. The molecular formula is C25H26N4O3S. The molecule has 0 spiro atoms. The highest BCUT2D eigenvalue weighted by molar-refractivity contribution is 7.22. The number of carbonyl (C=O) groups excluding carboxylic acids is 1. The summed E-state index contributed by atoms with van der Waals surface area (Å²) < 4.78 is 12.2. The fraction of sp³-hybridized carbons (Fsp3) is 0.320. The van der Waals surface area contributed by atoms with Crippen LogP contribution in [0.5, 0.6) is 11.5 Å². The maximum atomic E-state index is 13.3. The van der Waals surface area contributed by atoms with Gasteiger partial charge in [0, 0.05) is 23.3 Å². The third-order valence-corrected chi connectivity index (χ3v) is 6.92. The minimum Gasteiger partial charge on any atom is -0.497 e. The number of aromatic nitrogens is 1. The van der Waals surface area contributed by atoms with Gasteiger partial charge in [0.25, 0.3) is 0 Å². The summed E-state index contributed by atoms with van der Waals surface area (Å²) in [5.74, 6) is 2.01. The fourth-order valence-corrected chi connectivity index (χ4v) is 5.37. The quantitative estimate of drug-likeness (QED) is 0.563. The Hall–Kier alpha value is -3.39. The topological polar surface area (TPSA) is 84.8 Å². The highest BCUT2D eigenvalue weighted by Gasteiger charge is 2.40. The van der Waals surface area contributed by atoms with Crippen molar-refractivity contribution in [2.24, 2.45) is 10.4 Å². The second-order valence-electron chi connectivity index (χ2n) is 9.06. The van der Waals surface area contributed by atoms with E-state index in [0.29, 0.717) is 29.5 Å². The maximum Gasteiger partial charge on any atom is 0.202 e. The summed E-state index contributed by atoms with van der Waals surface area (Å²) >= 11 is 1.56. The SMILES string of the molecule is COc1ccc(OC)c([C@H]2N=C(Nc3nc4ccccc4s3)NC3=C2C(=O)CC(C)(C)C3)c1. The Morgan fingerprint density at radius 3 is 2.70 bits per heavy atom. The first-order valence-corrected chi connectivity index (χ1v) is 11.6. The average molecular weight is 463 g/mol. The number of anilines is 1. The van der Waals surface area contributed by atoms with Crippen LogP contribution in [0.25, 0.3) is 10.2 Å². The van der Waals surface area contributed by atoms with Gasteiger partial charge in [0.15, 0.2) is 10.9 Å². The number of methoxy groups -OCH3 is 2. The number of Topliss-reactive ketones (excluding diaryl/α,β-unsaturated/α-hetero) is 1. The molecule has 33 heavy (non-hydrogen) atoms. The second-order valence-corrected chi connectivity index (χ2v) is 10.1. The lowest BCUT2D eigenvalue weighted by molar-refractivity contribution is -0.118. The fourth-order valence-electron chi connectivity index (χ4n) is 4.50. The van der Waals surface area contributed by atoms with Crippen molar-refractivity contribution >= 4 is 38.4 Å². The number of aliphatic imine (C=N–C) groups is 1. The van der Waals surface area contributed by atoms with Crippen LogP contribution >= 0.6 is 11.3 Å². The third kappa shape index (κ3) is 4.06. The number of ketones is 1. The van der Waals surface area contributed by atoms with Gasteiger partial charge in [0.1, 0.15) is 17.5 Å². The number of benzene rings is 2. The van der Waals surface area contributed by atoms with E-state index in [2.05, 4.69) is 29.5 Å². The number of ether oxygens (including phenoxy) is 2. The van der Waals surface area contributed by atoms with Crippen LogP contribution in [-0.4, -0.2) is 30.9 Å². The summed E-state index contributed by atoms with van der Waals surface area (Å²) in [5.41, 5.74) is 3.17. The zero-order chi connectivity index (χ0) is 23.2. The van der Waals surface area contributed by atoms with Crippen LogP contribution < -0.4 is 20.1 Å². The molecule has 0 bridgehead atoms. The number of hydrogen-bond donors (Lipinski definition) is 2. The molecule has 0 unspecified atom stereocenters. The van der Waals surface area contributed by atoms with Gasteiger partial charge in [-0.05, 0) is 42.2 Å². The van der Waals surface area contributed by atoms with Gasteiger partial charge in [-0.1, -0.05) is 37.3 Å². The number of rotatable bonds is 4. The first-order valence-electron chi connectivity index (χ1n) is 10.8. The van der Waals surface area contributed by atoms with Crippen LogP contribution in [0.2, 0.25) is 0 Å². The number of carbonyl (C=O) groups is 1. The van der Waals surface area contributed by atoms with E-state index in [4.69, 9.17) is 14.5 Å². The minimum atomic E-state index is -0.508. The van der Waals surface area contributed by atoms with E-state index in [1.165, 1.54) is 0 Å². The van der Waals surface area contributed by atoms with Crippen molar-refractivity contribution in [1.29, 1.82) is 0 Å². The molecule has 2 N–H and O–H groups in total. The highest BCUT2D eigenvalue weighted by atomic mass is 32.1. The lowest BCUT2D eigenvalue weighted by Gasteiger charge is -2.37. The zero-order valence-electron chi connectivity index (χ0n) is 19.1. The van der Waals surface area contributed by atoms with E-state index in [1.807, 2.05) is 42.5 Å². The minimum absolute atomic E-state index is 0.103. The summed E-state index contributed by atoms with van der Waals surface area (Å²) in [6.07, 6.45) is 1.23. The van der Waals surface area contributed by atoms with Crippen molar-refractivity contribution in [2.75, 3.05) is 19.5 Å². The van der Waals surface area contributed by atoms with Gasteiger partial charge in [-0.2, -0.15) is 0 Å². The van der Waals surface area contributed by atoms with Crippen molar-refractivity contribution in [2.45, 2.75) is 32.7 Å². The molecule has 170 valence electrons. The highest BCUT2D eigenvalue weighted by Crippen LogP contribution is 2.45. The Morgan fingerprint density at radius 2 is 1.94 bits per heavy atom. The first kappa shape index (κ1) is 21.5. The molecule has 3 aromatic rings. The van der Waals surface area contributed by atoms with Crippen molar-refractivity contribution < 1.29 is 14.3 Å². The standard InChI is InChI=1S/C25H26N4O3S/c1-25(2)12-17-21(18(30)13-25)22(15-11-14(31-3)9-10-19(15)32-4)28-23(26-17)29-24-27-16-7-5-6-8-20(16)33-24/h5-11,22H,12-13H2,1-4H3,(H2,26,27,28,29)/t22-/m1/s1. The predicted molar refractivity (Wildman–Crippen MR) is 131 cm³/mol. The normalized spacial score (nSPS) is 19.6. The molecule has 1 aliphatic carbocycles. The number of hydrogen-bond acceptors (Lipinski definition) is 8. The van der Waals surface area contributed by atoms with E-state index in [0.717, 1.165) is 33.0 Å². The number of allylic oxidation sites excluding steroid dienone is 1. The van der Waals surface area contributed by atoms with Crippen LogP contribution in [-0.2, 0) is 4.79 Å². The van der Waals surface area contributed by atoms with Crippen LogP contribution in [0.15, 0.2) is 58.7 Å². The van der Waals surface area contributed by atoms with Gasteiger partial charge >= 0.3 is 0 Å². The number of thiazole rings is 1. The Bertz CT molecular complexity index is 1270. The molecule has 0 saturated carbocycles. The van der Waals surface area contributed by atoms with E-state index in [9.17, 15) is 4.79 Å². The monoisotopic (exact) mass is 462 g/mol. The largest absolute Gasteiger partial charge is 0.497 e. The van der Waals surface area contributed by atoms with Crippen molar-refractivity contribution in [3.8, 4) is 11.5 Å². The van der Waals surface area contributed by atoms with Gasteiger partial charge in [0.2, 0.25) is 5.96 Å². The molecule has 0 amide bonds. The zero-order valence-corrected chi connectivity index (χ0v) is 19.9. The summed E-state index contributed by atoms with van der Waals surface area (Å²) in [6.45, 7) is 4.23. The molecule has 2 aliphatic rings. The second kappa shape index (κ2) is 8.19. The third-order valence-electron chi connectivity index (χ3n) is 5.97. The Balaban J connectivity index is 1.60. The predicted octanol–water partition coefficient (Wildman–Crippen LogP) is 5.07. The van der Waals surface area contributed by atoms with E-state index < -0.39 is 6.04 Å². The summed E-state index contributed by atoms with van der Waals surface area (Å²) in [7, 11) is 3.24. The summed E-state index contributed by atoms with van der Waals surface area (Å²) in [5, 5.41) is 7.47. The van der Waals surface area contributed by atoms with Crippen LogP contribution in [0, 0.1) is 5.41 Å². The number of fused-ring (bicyclic) bond motifs is 1. The molecule has 8 heteroatoms. The van der Waals surface area contributed by atoms with Crippen LogP contribution in [0.1, 0.15) is 38.3 Å². The lowest BCUT2D eigenvalue weighted by Crippen LogP contribution is -2.41. The Labute approximate surface area is 196 Å². The molecule has 0 fully saturated rings. The molecule has 2 heterocycles. The van der Waals surface area contributed by atoms with Crippen molar-refractivity contribution in [1.82, 2.24) is 10.3 Å². The number of guanidine groups is 1. The first-order chi connectivity index (χ1) is 15.9. The van der Waals surface area contributed by atoms with E-state index in [1.54, 1.807) is 25.6 Å². The van der Waals surface area contributed by atoms with Crippen LogP contribution in [0.4, 0.5) is 5.13 Å². The molecule has 5 rings (SSSR count). The number of para-hydroxylation sites is 1. The number of nitrogens with one attached hydrogen (secondary N) is 2. The van der Waals surface area contributed by atoms with Gasteiger partial charge in [-0.25, -0.2) is 9.98 Å². The molecule has 0 saturated heterocycles. The molecular weight excluding hydrogens is 436 g/mol. The van der Waals surface area contributed by atoms with Crippen molar-refractivity contribution in [3.05, 3.63) is 59.3 Å². The van der Waals surface area contributed by atoms with E-state index >= 15 is 0 Å². The van der Waals surface area contributed by atoms with Gasteiger partial charge in [-0.3, -0.25) is 4.79 Å². The summed E-state index contributed by atoms with van der Waals surface area (Å²) in [6, 6.07) is 13.1.